The summed E-state index contributed by atoms with van der Waals surface area (Å²) < 4.78 is 4.70. The van der Waals surface area contributed by atoms with Crippen LogP contribution >= 0.6 is 0 Å². The number of hydrogen-bond acceptors (Lipinski definition) is 1. The molecule has 1 nitrogen and oxygen atoms in total. The average molecular weight is 211 g/mol. The summed E-state index contributed by atoms with van der Waals surface area (Å²) in [6.45, 7) is 17.9. The van der Waals surface area contributed by atoms with Gasteiger partial charge in [0.1, 0.15) is 0 Å². The highest BCUT2D eigenvalue weighted by Gasteiger charge is 2.35. The minimum Gasteiger partial charge on any atom is -0.283 e. The summed E-state index contributed by atoms with van der Waals surface area (Å²) in [6, 6.07) is 0. The van der Waals surface area contributed by atoms with Gasteiger partial charge in [0.15, 0.2) is 8.24 Å². The molecule has 0 unspecified atom stereocenters. The number of hydrogen-bond donors (Lipinski definition) is 0. The predicted octanol–water partition coefficient (Wildman–Crippen LogP) is 4.26. The predicted molar refractivity (Wildman–Crippen MR) is 68.7 cm³/mol. The molecule has 0 saturated heterocycles. The van der Waals surface area contributed by atoms with Crippen LogP contribution in [0.4, 0.5) is 0 Å². The zero-order chi connectivity index (χ0) is 11.6. The van der Waals surface area contributed by atoms with Crippen molar-refractivity contribution in [3.63, 3.8) is 0 Å². The van der Waals surface area contributed by atoms with Crippen molar-refractivity contribution in [1.82, 2.24) is 0 Å². The second kappa shape index (κ2) is 4.46. The zero-order valence-electron chi connectivity index (χ0n) is 11.0. The maximum atomic E-state index is 4.70. The third-order valence-corrected chi connectivity index (χ3v) is 7.55. The van der Waals surface area contributed by atoms with Gasteiger partial charge >= 0.3 is 0 Å². The van der Waals surface area contributed by atoms with Crippen molar-refractivity contribution in [2.24, 2.45) is 10.6 Å². The van der Waals surface area contributed by atoms with Crippen LogP contribution in [-0.4, -0.2) is 14.1 Å². The maximum Gasteiger partial charge on any atom is 0.192 e. The molecule has 2 heteroatoms. The molecule has 0 rings (SSSR count). The van der Waals surface area contributed by atoms with E-state index in [4.69, 9.17) is 4.66 Å². The topological polar surface area (TPSA) is 12.4 Å². The summed E-state index contributed by atoms with van der Waals surface area (Å²) in [4.78, 5) is 0. The summed E-state index contributed by atoms with van der Waals surface area (Å²) in [5, 5.41) is 0.317. The van der Waals surface area contributed by atoms with Crippen LogP contribution in [0.3, 0.4) is 0 Å². The van der Waals surface area contributed by atoms with Crippen LogP contribution in [0.5, 0.6) is 0 Å². The van der Waals surface area contributed by atoms with Gasteiger partial charge in [-0.3, -0.25) is 4.66 Å². The van der Waals surface area contributed by atoms with Gasteiger partial charge in [-0.15, -0.1) is 0 Å². The summed E-state index contributed by atoms with van der Waals surface area (Å²) in [5.74, 6) is 3.79. The van der Waals surface area contributed by atoms with E-state index < -0.39 is 8.24 Å². The first-order valence-electron chi connectivity index (χ1n) is 5.39. The number of allylic oxidation sites excluding steroid dienone is 1. The van der Waals surface area contributed by atoms with Crippen LogP contribution in [0.1, 0.15) is 41.5 Å². The molecule has 0 aromatic heterocycles. The molecule has 0 radical (unpaired) electrons. The van der Waals surface area contributed by atoms with Crippen molar-refractivity contribution in [3.05, 3.63) is 5.57 Å². The lowest BCUT2D eigenvalue weighted by Gasteiger charge is -2.31. The molecule has 0 amide bonds. The van der Waals surface area contributed by atoms with Gasteiger partial charge in [0.25, 0.3) is 0 Å². The van der Waals surface area contributed by atoms with E-state index in [1.54, 1.807) is 0 Å². The van der Waals surface area contributed by atoms with Crippen LogP contribution in [-0.2, 0) is 0 Å². The Morgan fingerprint density at radius 3 is 1.93 bits per heavy atom. The van der Waals surface area contributed by atoms with E-state index in [2.05, 4.69) is 60.5 Å². The third kappa shape index (κ3) is 3.81. The quantitative estimate of drug-likeness (QED) is 0.478. The maximum absolute atomic E-state index is 4.70. The van der Waals surface area contributed by atoms with Crippen molar-refractivity contribution in [3.8, 4) is 0 Å². The Kier molecular flexibility index (Phi) is 4.35. The first kappa shape index (κ1) is 13.7. The third-order valence-electron chi connectivity index (χ3n) is 3.21. The normalized spacial score (nSPS) is 12.6. The lowest BCUT2D eigenvalue weighted by molar-refractivity contribution is 0.719. The molecule has 0 aromatic carbocycles. The van der Waals surface area contributed by atoms with Gasteiger partial charge in [-0.05, 0) is 42.4 Å². The monoisotopic (exact) mass is 211 g/mol. The standard InChI is InChI=1S/C12H25NSi/c1-10(2)11(3)9-13-14(7,8)12(4,5)6/h10H,1-8H3. The fourth-order valence-electron chi connectivity index (χ4n) is 0.525. The highest BCUT2D eigenvalue weighted by molar-refractivity contribution is 6.79. The minimum absolute atomic E-state index is 0.317. The van der Waals surface area contributed by atoms with E-state index in [1.165, 1.54) is 5.57 Å². The second-order valence-corrected chi connectivity index (χ2v) is 10.7. The first-order valence-corrected chi connectivity index (χ1v) is 8.34. The summed E-state index contributed by atoms with van der Waals surface area (Å²) in [7, 11) is -1.52. The molecule has 0 N–H and O–H groups in total. The molecule has 0 spiro atoms. The van der Waals surface area contributed by atoms with Crippen LogP contribution in [0.25, 0.3) is 0 Å². The smallest absolute Gasteiger partial charge is 0.192 e. The lowest BCUT2D eigenvalue weighted by Crippen LogP contribution is -2.34. The summed E-state index contributed by atoms with van der Waals surface area (Å²) in [5.41, 5.74) is 1.26. The molecule has 82 valence electrons. The van der Waals surface area contributed by atoms with Crippen LogP contribution in [0.15, 0.2) is 10.2 Å². The van der Waals surface area contributed by atoms with E-state index in [0.29, 0.717) is 11.0 Å². The van der Waals surface area contributed by atoms with Gasteiger partial charge in [-0.2, -0.15) is 0 Å². The molecule has 0 aromatic rings. The first-order chi connectivity index (χ1) is 6.08. The molecule has 0 bridgehead atoms. The number of nitrogens with zero attached hydrogens (tertiary/aromatic N) is 1. The SMILES string of the molecule is CC(=C=N[Si](C)(C)C(C)(C)C)C(C)C. The summed E-state index contributed by atoms with van der Waals surface area (Å²) in [6.07, 6.45) is 0. The molecule has 0 atom stereocenters. The molecular formula is C12H25NSi. The van der Waals surface area contributed by atoms with Crippen molar-refractivity contribution in [2.75, 3.05) is 0 Å². The molecular weight excluding hydrogens is 186 g/mol. The molecule has 14 heavy (non-hydrogen) atoms. The van der Waals surface area contributed by atoms with E-state index in [0.717, 1.165) is 0 Å². The Labute approximate surface area is 90.4 Å². The van der Waals surface area contributed by atoms with Gasteiger partial charge in [-0.25, -0.2) is 0 Å². The Morgan fingerprint density at radius 1 is 1.21 bits per heavy atom. The molecule has 0 fully saturated rings. The Hall–Kier alpha value is -0.333. The van der Waals surface area contributed by atoms with Crippen LogP contribution < -0.4 is 0 Å². The van der Waals surface area contributed by atoms with E-state index in [9.17, 15) is 0 Å². The number of rotatable bonds is 2. The van der Waals surface area contributed by atoms with Gasteiger partial charge in [-0.1, -0.05) is 34.6 Å². The minimum atomic E-state index is -1.52. The highest BCUT2D eigenvalue weighted by Crippen LogP contribution is 2.36. The fraction of sp³-hybridized carbons (Fsp3) is 0.833. The zero-order valence-corrected chi connectivity index (χ0v) is 12.0. The average Bonchev–Trinajstić information content (AvgIpc) is 1.97. The van der Waals surface area contributed by atoms with E-state index in [1.807, 2.05) is 0 Å². The van der Waals surface area contributed by atoms with Crippen molar-refractivity contribution in [1.29, 1.82) is 0 Å². The largest absolute Gasteiger partial charge is 0.283 e. The Morgan fingerprint density at radius 2 is 1.64 bits per heavy atom. The van der Waals surface area contributed by atoms with E-state index >= 15 is 0 Å². The van der Waals surface area contributed by atoms with Crippen LogP contribution in [0.2, 0.25) is 18.1 Å². The molecule has 0 heterocycles. The van der Waals surface area contributed by atoms with Gasteiger partial charge < -0.3 is 0 Å². The Bertz CT molecular complexity index is 250. The summed E-state index contributed by atoms with van der Waals surface area (Å²) >= 11 is 0. The molecule has 0 saturated carbocycles. The molecule has 0 aliphatic rings. The van der Waals surface area contributed by atoms with Crippen molar-refractivity contribution >= 4 is 14.1 Å². The highest BCUT2D eigenvalue weighted by atomic mass is 28.3. The van der Waals surface area contributed by atoms with Crippen molar-refractivity contribution in [2.45, 2.75) is 59.7 Å². The van der Waals surface area contributed by atoms with Gasteiger partial charge in [0, 0.05) is 0 Å². The van der Waals surface area contributed by atoms with E-state index in [-0.39, 0.29) is 0 Å². The Balaban J connectivity index is 4.92. The van der Waals surface area contributed by atoms with Crippen molar-refractivity contribution < 1.29 is 0 Å². The lowest BCUT2D eigenvalue weighted by atomic mass is 10.1. The molecule has 0 aliphatic carbocycles. The van der Waals surface area contributed by atoms with Gasteiger partial charge in [0.05, 0.1) is 0 Å². The fourth-order valence-corrected chi connectivity index (χ4v) is 1.32. The second-order valence-electron chi connectivity index (χ2n) is 5.87. The van der Waals surface area contributed by atoms with Gasteiger partial charge in [0.2, 0.25) is 0 Å². The molecule has 0 aliphatic heterocycles. The van der Waals surface area contributed by atoms with Crippen LogP contribution in [0, 0.1) is 5.92 Å².